The highest BCUT2D eigenvalue weighted by Crippen LogP contribution is 2.27. The Morgan fingerprint density at radius 3 is 2.19 bits per heavy atom. The van der Waals surface area contributed by atoms with Crippen LogP contribution in [0.5, 0.6) is 17.2 Å². The summed E-state index contributed by atoms with van der Waals surface area (Å²) in [6, 6.07) is 10.7. The van der Waals surface area contributed by atoms with E-state index in [0.717, 1.165) is 11.1 Å². The van der Waals surface area contributed by atoms with E-state index in [1.54, 1.807) is 31.4 Å². The number of methoxy groups -OCH3 is 3. The van der Waals surface area contributed by atoms with Gasteiger partial charge in [0.25, 0.3) is 0 Å². The van der Waals surface area contributed by atoms with Crippen molar-refractivity contribution in [3.05, 3.63) is 47.5 Å². The zero-order valence-corrected chi connectivity index (χ0v) is 15.9. The summed E-state index contributed by atoms with van der Waals surface area (Å²) >= 11 is 0. The normalized spacial score (nSPS) is 10.1. The molecule has 2 rings (SSSR count). The first kappa shape index (κ1) is 20.1. The topological polar surface area (TPSA) is 85.9 Å². The van der Waals surface area contributed by atoms with Crippen molar-refractivity contribution in [3.63, 3.8) is 0 Å². The first-order valence-electron chi connectivity index (χ1n) is 8.39. The summed E-state index contributed by atoms with van der Waals surface area (Å²) in [5, 5.41) is 5.35. The first-order chi connectivity index (χ1) is 13.0. The highest BCUT2D eigenvalue weighted by atomic mass is 16.5. The van der Waals surface area contributed by atoms with E-state index in [1.165, 1.54) is 14.2 Å². The Hall–Kier alpha value is -3.22. The average molecular weight is 372 g/mol. The lowest BCUT2D eigenvalue weighted by Gasteiger charge is -2.12. The van der Waals surface area contributed by atoms with E-state index in [9.17, 15) is 9.59 Å². The number of ether oxygens (including phenoxy) is 3. The van der Waals surface area contributed by atoms with Crippen molar-refractivity contribution in [2.24, 2.45) is 0 Å². The van der Waals surface area contributed by atoms with Gasteiger partial charge >= 0.3 is 0 Å². The van der Waals surface area contributed by atoms with Crippen LogP contribution in [0.4, 0.5) is 5.69 Å². The average Bonchev–Trinajstić information content (AvgIpc) is 2.66. The maximum atomic E-state index is 12.1. The molecule has 0 spiro atoms. The van der Waals surface area contributed by atoms with Gasteiger partial charge < -0.3 is 24.8 Å². The molecule has 2 aromatic rings. The number of hydrogen-bond acceptors (Lipinski definition) is 5. The number of rotatable bonds is 8. The minimum atomic E-state index is -0.334. The molecule has 7 heteroatoms. The molecule has 144 valence electrons. The molecule has 2 aromatic carbocycles. The Balaban J connectivity index is 1.90. The summed E-state index contributed by atoms with van der Waals surface area (Å²) in [7, 11) is 4.61. The van der Waals surface area contributed by atoms with Crippen molar-refractivity contribution < 1.29 is 23.8 Å². The number of nitrogens with one attached hydrogen (secondary N) is 2. The number of benzene rings is 2. The summed E-state index contributed by atoms with van der Waals surface area (Å²) in [5.74, 6) is 1.10. The molecule has 0 aliphatic heterocycles. The van der Waals surface area contributed by atoms with Crippen molar-refractivity contribution in [3.8, 4) is 17.2 Å². The fourth-order valence-electron chi connectivity index (χ4n) is 2.53. The highest BCUT2D eigenvalue weighted by molar-refractivity contribution is 5.96. The van der Waals surface area contributed by atoms with Crippen LogP contribution in [-0.4, -0.2) is 39.7 Å². The van der Waals surface area contributed by atoms with Crippen LogP contribution < -0.4 is 24.8 Å². The Morgan fingerprint density at radius 1 is 0.852 bits per heavy atom. The summed E-state index contributed by atoms with van der Waals surface area (Å²) in [4.78, 5) is 24.2. The summed E-state index contributed by atoms with van der Waals surface area (Å²) in [6.07, 6.45) is 0.126. The number of aryl methyl sites for hydroxylation is 1. The van der Waals surface area contributed by atoms with Crippen LogP contribution in [0.25, 0.3) is 0 Å². The molecule has 2 amide bonds. The van der Waals surface area contributed by atoms with Gasteiger partial charge in [-0.05, 0) is 42.3 Å². The summed E-state index contributed by atoms with van der Waals surface area (Å²) < 4.78 is 15.6. The molecule has 0 aliphatic rings. The monoisotopic (exact) mass is 372 g/mol. The third-order valence-electron chi connectivity index (χ3n) is 3.89. The molecule has 0 radical (unpaired) electrons. The lowest BCUT2D eigenvalue weighted by Crippen LogP contribution is -2.33. The Labute approximate surface area is 158 Å². The lowest BCUT2D eigenvalue weighted by atomic mass is 10.1. The molecule has 0 aromatic heterocycles. The minimum absolute atomic E-state index is 0.126. The van der Waals surface area contributed by atoms with E-state index in [0.29, 0.717) is 22.9 Å². The third kappa shape index (κ3) is 5.64. The van der Waals surface area contributed by atoms with Gasteiger partial charge in [0.15, 0.2) is 11.5 Å². The second-order valence-electron chi connectivity index (χ2n) is 5.89. The largest absolute Gasteiger partial charge is 0.495 e. The van der Waals surface area contributed by atoms with E-state index in [4.69, 9.17) is 14.2 Å². The highest BCUT2D eigenvalue weighted by Gasteiger charge is 2.11. The SMILES string of the molecule is COc1ccc(C)cc1NC(=O)CNC(=O)Cc1ccc(OC)c(OC)c1. The number of amides is 2. The van der Waals surface area contributed by atoms with Crippen LogP contribution in [0, 0.1) is 6.92 Å². The molecule has 0 heterocycles. The van der Waals surface area contributed by atoms with Crippen LogP contribution in [0.15, 0.2) is 36.4 Å². The molecule has 0 saturated carbocycles. The van der Waals surface area contributed by atoms with Crippen molar-refractivity contribution in [1.29, 1.82) is 0 Å². The number of hydrogen-bond donors (Lipinski definition) is 2. The van der Waals surface area contributed by atoms with Crippen LogP contribution in [0.1, 0.15) is 11.1 Å². The fourth-order valence-corrected chi connectivity index (χ4v) is 2.53. The molecule has 27 heavy (non-hydrogen) atoms. The molecular weight excluding hydrogens is 348 g/mol. The smallest absolute Gasteiger partial charge is 0.243 e. The third-order valence-corrected chi connectivity index (χ3v) is 3.89. The van der Waals surface area contributed by atoms with Crippen LogP contribution in [-0.2, 0) is 16.0 Å². The van der Waals surface area contributed by atoms with Crippen molar-refractivity contribution in [2.45, 2.75) is 13.3 Å². The first-order valence-corrected chi connectivity index (χ1v) is 8.39. The van der Waals surface area contributed by atoms with E-state index in [2.05, 4.69) is 10.6 Å². The molecular formula is C20H24N2O5. The van der Waals surface area contributed by atoms with Gasteiger partial charge in [-0.3, -0.25) is 9.59 Å². The second-order valence-corrected chi connectivity index (χ2v) is 5.89. The van der Waals surface area contributed by atoms with Gasteiger partial charge in [0.2, 0.25) is 11.8 Å². The molecule has 0 bridgehead atoms. The number of carbonyl (C=O) groups excluding carboxylic acids is 2. The summed E-state index contributed by atoms with van der Waals surface area (Å²) in [6.45, 7) is 1.78. The number of carbonyl (C=O) groups is 2. The molecule has 0 atom stereocenters. The van der Waals surface area contributed by atoms with Gasteiger partial charge in [0, 0.05) is 0 Å². The zero-order valence-electron chi connectivity index (χ0n) is 15.9. The van der Waals surface area contributed by atoms with Crippen LogP contribution >= 0.6 is 0 Å². The van der Waals surface area contributed by atoms with Crippen LogP contribution in [0.2, 0.25) is 0 Å². The predicted molar refractivity (Wildman–Crippen MR) is 103 cm³/mol. The maximum Gasteiger partial charge on any atom is 0.243 e. The van der Waals surface area contributed by atoms with E-state index in [1.807, 2.05) is 19.1 Å². The van der Waals surface area contributed by atoms with Gasteiger partial charge in [0.05, 0.1) is 40.0 Å². The van der Waals surface area contributed by atoms with E-state index >= 15 is 0 Å². The molecule has 7 nitrogen and oxygen atoms in total. The standard InChI is InChI=1S/C20H24N2O5/c1-13-5-7-16(25-2)15(9-13)22-20(24)12-21-19(23)11-14-6-8-17(26-3)18(10-14)27-4/h5-10H,11-12H2,1-4H3,(H,21,23)(H,22,24). The molecule has 0 unspecified atom stereocenters. The maximum absolute atomic E-state index is 12.1. The second kappa shape index (κ2) is 9.47. The minimum Gasteiger partial charge on any atom is -0.495 e. The Bertz CT molecular complexity index is 820. The molecule has 0 aliphatic carbocycles. The fraction of sp³-hybridized carbons (Fsp3) is 0.300. The van der Waals surface area contributed by atoms with Crippen molar-refractivity contribution in [1.82, 2.24) is 5.32 Å². The predicted octanol–water partition coefficient (Wildman–Crippen LogP) is 2.32. The van der Waals surface area contributed by atoms with E-state index in [-0.39, 0.29) is 24.8 Å². The van der Waals surface area contributed by atoms with Gasteiger partial charge in [-0.25, -0.2) is 0 Å². The quantitative estimate of drug-likeness (QED) is 0.743. The number of anilines is 1. The van der Waals surface area contributed by atoms with E-state index < -0.39 is 0 Å². The lowest BCUT2D eigenvalue weighted by molar-refractivity contribution is -0.123. The van der Waals surface area contributed by atoms with Crippen LogP contribution in [0.3, 0.4) is 0 Å². The van der Waals surface area contributed by atoms with Gasteiger partial charge in [-0.2, -0.15) is 0 Å². The summed E-state index contributed by atoms with van der Waals surface area (Å²) in [5.41, 5.74) is 2.31. The zero-order chi connectivity index (χ0) is 19.8. The van der Waals surface area contributed by atoms with Crippen molar-refractivity contribution >= 4 is 17.5 Å². The van der Waals surface area contributed by atoms with Gasteiger partial charge in [-0.15, -0.1) is 0 Å². The van der Waals surface area contributed by atoms with Gasteiger partial charge in [0.1, 0.15) is 5.75 Å². The molecule has 0 saturated heterocycles. The Morgan fingerprint density at radius 2 is 1.52 bits per heavy atom. The Kier molecular flexibility index (Phi) is 7.05. The van der Waals surface area contributed by atoms with Gasteiger partial charge in [-0.1, -0.05) is 12.1 Å². The molecule has 0 fully saturated rings. The van der Waals surface area contributed by atoms with Crippen molar-refractivity contribution in [2.75, 3.05) is 33.2 Å². The molecule has 2 N–H and O–H groups in total.